The molecular formula is C23H17F5N4O2. The molecule has 0 aliphatic heterocycles. The lowest BCUT2D eigenvalue weighted by Gasteiger charge is -2.17. The van der Waals surface area contributed by atoms with Crippen molar-refractivity contribution in [3.05, 3.63) is 77.6 Å². The Balaban J connectivity index is 1.72. The van der Waals surface area contributed by atoms with Gasteiger partial charge in [-0.2, -0.15) is 5.10 Å². The number of benzene rings is 2. The molecule has 0 unspecified atom stereocenters. The number of carbonyl (C=O) groups excluding carboxylic acids is 1. The van der Waals surface area contributed by atoms with Crippen LogP contribution in [0.1, 0.15) is 28.0 Å². The maximum atomic E-state index is 13.8. The quantitative estimate of drug-likeness (QED) is 0.341. The molecular weight excluding hydrogens is 459 g/mol. The summed E-state index contributed by atoms with van der Waals surface area (Å²) in [5.74, 6) is -1.08. The minimum atomic E-state index is -4.84. The van der Waals surface area contributed by atoms with Crippen LogP contribution in [0.4, 0.5) is 27.6 Å². The van der Waals surface area contributed by atoms with Crippen LogP contribution in [0.25, 0.3) is 16.9 Å². The predicted molar refractivity (Wildman–Crippen MR) is 114 cm³/mol. The lowest BCUT2D eigenvalue weighted by atomic mass is 10.1. The largest absolute Gasteiger partial charge is 0.573 e. The smallest absolute Gasteiger partial charge is 0.406 e. The van der Waals surface area contributed by atoms with Crippen LogP contribution in [-0.2, 0) is 0 Å². The topological polar surface area (TPSA) is 59.7 Å². The first-order chi connectivity index (χ1) is 16.0. The number of aromatic nitrogens is 3. The molecule has 2 heterocycles. The predicted octanol–water partition coefficient (Wildman–Crippen LogP) is 5.82. The zero-order valence-electron chi connectivity index (χ0n) is 17.8. The van der Waals surface area contributed by atoms with Gasteiger partial charge in [-0.3, -0.25) is 4.79 Å². The van der Waals surface area contributed by atoms with Gasteiger partial charge in [0.25, 0.3) is 12.3 Å². The number of ether oxygens (including phenoxy) is 1. The number of amides is 1. The Kier molecular flexibility index (Phi) is 5.94. The number of aryl methyl sites for hydroxylation is 1. The van der Waals surface area contributed by atoms with Crippen LogP contribution in [0.3, 0.4) is 0 Å². The Bertz CT molecular complexity index is 1330. The fraction of sp³-hybridized carbons (Fsp3) is 0.174. The summed E-state index contributed by atoms with van der Waals surface area (Å²) in [6, 6.07) is 13.0. The van der Waals surface area contributed by atoms with E-state index < -0.39 is 30.1 Å². The van der Waals surface area contributed by atoms with Crippen molar-refractivity contribution in [2.45, 2.75) is 19.7 Å². The number of hydrogen-bond donors (Lipinski definition) is 0. The van der Waals surface area contributed by atoms with Crippen molar-refractivity contribution in [1.82, 2.24) is 14.6 Å². The molecule has 0 N–H and O–H groups in total. The molecule has 34 heavy (non-hydrogen) atoms. The summed E-state index contributed by atoms with van der Waals surface area (Å²) in [7, 11) is 1.39. The third-order valence-corrected chi connectivity index (χ3v) is 5.06. The van der Waals surface area contributed by atoms with Crippen molar-refractivity contribution in [3.63, 3.8) is 0 Å². The molecule has 2 aromatic heterocycles. The molecule has 0 bridgehead atoms. The SMILES string of the molecule is Cc1ccc(-c2cc(C(F)F)n3ncc(C(=O)N(C)c4ccc(OC(F)(F)F)cc4)c3n2)cc1. The lowest BCUT2D eigenvalue weighted by molar-refractivity contribution is -0.274. The van der Waals surface area contributed by atoms with Gasteiger partial charge in [-0.05, 0) is 37.3 Å². The first-order valence-electron chi connectivity index (χ1n) is 9.91. The van der Waals surface area contributed by atoms with Crippen LogP contribution in [0.15, 0.2) is 60.8 Å². The molecule has 0 saturated carbocycles. The van der Waals surface area contributed by atoms with Crippen molar-refractivity contribution >= 4 is 17.2 Å². The Labute approximate surface area is 190 Å². The number of fused-ring (bicyclic) bond motifs is 1. The fourth-order valence-corrected chi connectivity index (χ4v) is 3.33. The zero-order valence-corrected chi connectivity index (χ0v) is 17.8. The van der Waals surface area contributed by atoms with E-state index in [0.717, 1.165) is 33.3 Å². The molecule has 4 rings (SSSR count). The molecule has 0 atom stereocenters. The zero-order chi connectivity index (χ0) is 24.6. The van der Waals surface area contributed by atoms with E-state index in [0.29, 0.717) is 5.56 Å². The number of carbonyl (C=O) groups is 1. The van der Waals surface area contributed by atoms with E-state index in [9.17, 15) is 26.7 Å². The van der Waals surface area contributed by atoms with Crippen LogP contribution in [-0.4, -0.2) is 33.9 Å². The molecule has 1 amide bonds. The average Bonchev–Trinajstić information content (AvgIpc) is 3.21. The monoisotopic (exact) mass is 476 g/mol. The third-order valence-electron chi connectivity index (χ3n) is 5.06. The van der Waals surface area contributed by atoms with Crippen molar-refractivity contribution in [2.75, 3.05) is 11.9 Å². The fourth-order valence-electron chi connectivity index (χ4n) is 3.33. The summed E-state index contributed by atoms with van der Waals surface area (Å²) >= 11 is 0. The van der Waals surface area contributed by atoms with Gasteiger partial charge in [0.2, 0.25) is 0 Å². The minimum Gasteiger partial charge on any atom is -0.406 e. The standard InChI is InChI=1S/C23H17F5N4O2/c1-13-3-5-14(6-4-13)18-11-19(20(24)25)32-21(30-18)17(12-29-32)22(33)31(2)15-7-9-16(10-8-15)34-23(26,27)28/h3-12,20H,1-2H3. The summed E-state index contributed by atoms with van der Waals surface area (Å²) in [6.45, 7) is 1.89. The van der Waals surface area contributed by atoms with Gasteiger partial charge in [-0.1, -0.05) is 29.8 Å². The highest BCUT2D eigenvalue weighted by atomic mass is 19.4. The molecule has 2 aromatic carbocycles. The van der Waals surface area contributed by atoms with Gasteiger partial charge in [-0.15, -0.1) is 13.2 Å². The normalized spacial score (nSPS) is 11.8. The second-order valence-corrected chi connectivity index (χ2v) is 7.43. The molecule has 0 spiro atoms. The van der Waals surface area contributed by atoms with Crippen molar-refractivity contribution in [1.29, 1.82) is 0 Å². The van der Waals surface area contributed by atoms with Crippen molar-refractivity contribution in [3.8, 4) is 17.0 Å². The molecule has 0 fully saturated rings. The number of anilines is 1. The van der Waals surface area contributed by atoms with Crippen LogP contribution in [0, 0.1) is 6.92 Å². The van der Waals surface area contributed by atoms with Gasteiger partial charge < -0.3 is 9.64 Å². The molecule has 6 nitrogen and oxygen atoms in total. The van der Waals surface area contributed by atoms with Gasteiger partial charge in [0, 0.05) is 18.3 Å². The van der Waals surface area contributed by atoms with E-state index in [2.05, 4.69) is 14.8 Å². The molecule has 0 saturated heterocycles. The van der Waals surface area contributed by atoms with Gasteiger partial charge in [0.15, 0.2) is 5.65 Å². The summed E-state index contributed by atoms with van der Waals surface area (Å²) < 4.78 is 69.4. The van der Waals surface area contributed by atoms with E-state index in [-0.39, 0.29) is 22.6 Å². The Hall–Kier alpha value is -4.02. The number of nitrogens with zero attached hydrogens (tertiary/aromatic N) is 4. The lowest BCUT2D eigenvalue weighted by Crippen LogP contribution is -2.26. The minimum absolute atomic E-state index is 0.0472. The highest BCUT2D eigenvalue weighted by molar-refractivity contribution is 6.09. The number of rotatable bonds is 5. The molecule has 0 aliphatic carbocycles. The number of halogens is 5. The first-order valence-corrected chi connectivity index (χ1v) is 9.91. The number of alkyl halides is 5. The molecule has 0 radical (unpaired) electrons. The Morgan fingerprint density at radius 2 is 1.71 bits per heavy atom. The maximum Gasteiger partial charge on any atom is 0.573 e. The average molecular weight is 476 g/mol. The highest BCUT2D eigenvalue weighted by Gasteiger charge is 2.31. The maximum absolute atomic E-state index is 13.8. The van der Waals surface area contributed by atoms with E-state index in [1.807, 2.05) is 19.1 Å². The van der Waals surface area contributed by atoms with E-state index in [1.165, 1.54) is 25.2 Å². The second kappa shape index (κ2) is 8.73. The summed E-state index contributed by atoms with van der Waals surface area (Å²) in [4.78, 5) is 18.7. The summed E-state index contributed by atoms with van der Waals surface area (Å²) in [5.41, 5.74) is 1.51. The van der Waals surface area contributed by atoms with E-state index in [1.54, 1.807) is 12.1 Å². The van der Waals surface area contributed by atoms with Crippen LogP contribution in [0.2, 0.25) is 0 Å². The van der Waals surface area contributed by atoms with Gasteiger partial charge in [-0.25, -0.2) is 18.3 Å². The molecule has 11 heteroatoms. The summed E-state index contributed by atoms with van der Waals surface area (Å²) in [6.07, 6.45) is -6.59. The summed E-state index contributed by atoms with van der Waals surface area (Å²) in [5, 5.41) is 3.92. The first kappa shape index (κ1) is 23.1. The van der Waals surface area contributed by atoms with Crippen LogP contribution < -0.4 is 9.64 Å². The van der Waals surface area contributed by atoms with E-state index >= 15 is 0 Å². The second-order valence-electron chi connectivity index (χ2n) is 7.43. The highest BCUT2D eigenvalue weighted by Crippen LogP contribution is 2.29. The van der Waals surface area contributed by atoms with E-state index in [4.69, 9.17) is 0 Å². The van der Waals surface area contributed by atoms with Crippen molar-refractivity contribution in [2.24, 2.45) is 0 Å². The molecule has 176 valence electrons. The van der Waals surface area contributed by atoms with Gasteiger partial charge >= 0.3 is 6.36 Å². The Morgan fingerprint density at radius 3 is 2.29 bits per heavy atom. The third kappa shape index (κ3) is 4.68. The molecule has 4 aromatic rings. The van der Waals surface area contributed by atoms with Gasteiger partial charge in [0.05, 0.1) is 11.9 Å². The van der Waals surface area contributed by atoms with Crippen molar-refractivity contribution < 1.29 is 31.5 Å². The van der Waals surface area contributed by atoms with Crippen LogP contribution in [0.5, 0.6) is 5.75 Å². The number of hydrogen-bond acceptors (Lipinski definition) is 4. The molecule has 0 aliphatic rings. The van der Waals surface area contributed by atoms with Crippen LogP contribution >= 0.6 is 0 Å². The Morgan fingerprint density at radius 1 is 1.06 bits per heavy atom. The van der Waals surface area contributed by atoms with Gasteiger partial charge in [0.1, 0.15) is 17.0 Å².